The van der Waals surface area contributed by atoms with Gasteiger partial charge in [-0.3, -0.25) is 4.79 Å². The van der Waals surface area contributed by atoms with Crippen molar-refractivity contribution < 1.29 is 14.3 Å². The molecule has 1 aromatic heterocycles. The van der Waals surface area contributed by atoms with E-state index in [0.29, 0.717) is 16.0 Å². The van der Waals surface area contributed by atoms with Crippen molar-refractivity contribution in [2.45, 2.75) is 11.1 Å². The van der Waals surface area contributed by atoms with Gasteiger partial charge in [0.05, 0.1) is 4.88 Å². The number of benzene rings is 1. The molecule has 2 N–H and O–H groups in total. The van der Waals surface area contributed by atoms with Crippen molar-refractivity contribution in [3.05, 3.63) is 34.2 Å². The van der Waals surface area contributed by atoms with E-state index >= 15 is 0 Å². The van der Waals surface area contributed by atoms with Gasteiger partial charge < -0.3 is 15.2 Å². The standard InChI is InChI=1S/C13H13Cl2NO3S/c1-18-11(14)6-3-4-8-7(10(6)12(15)19-2)5-9(20-8)13(16)17/h3-5,11-12H,1-2H3,(H2,16,17). The maximum absolute atomic E-state index is 11.3. The van der Waals surface area contributed by atoms with E-state index in [1.165, 1.54) is 25.6 Å². The highest BCUT2D eigenvalue weighted by molar-refractivity contribution is 7.20. The minimum Gasteiger partial charge on any atom is -0.365 e. The lowest BCUT2D eigenvalue weighted by atomic mass is 10.0. The predicted octanol–water partition coefficient (Wildman–Crippen LogP) is 3.77. The normalized spacial score (nSPS) is 14.4. The second kappa shape index (κ2) is 6.28. The number of primary amides is 1. The molecule has 7 heteroatoms. The zero-order valence-electron chi connectivity index (χ0n) is 10.9. The average Bonchev–Trinajstić information content (AvgIpc) is 2.88. The van der Waals surface area contributed by atoms with E-state index in [0.717, 1.165) is 10.1 Å². The van der Waals surface area contributed by atoms with Gasteiger partial charge in [0.1, 0.15) is 0 Å². The first-order valence-electron chi connectivity index (χ1n) is 5.69. The summed E-state index contributed by atoms with van der Waals surface area (Å²) in [5.41, 5.74) is 5.37. The summed E-state index contributed by atoms with van der Waals surface area (Å²) in [6, 6.07) is 5.38. The number of alkyl halides is 2. The summed E-state index contributed by atoms with van der Waals surface area (Å²) >= 11 is 13.7. The number of thiophene rings is 1. The van der Waals surface area contributed by atoms with Gasteiger partial charge in [-0.2, -0.15) is 0 Å². The number of rotatable bonds is 5. The molecule has 0 fully saturated rings. The molecule has 0 saturated carbocycles. The van der Waals surface area contributed by atoms with E-state index in [9.17, 15) is 4.79 Å². The Kier molecular flexibility index (Phi) is 4.88. The van der Waals surface area contributed by atoms with Crippen LogP contribution in [0, 0.1) is 0 Å². The summed E-state index contributed by atoms with van der Waals surface area (Å²) in [6.07, 6.45) is 0. The number of ether oxygens (including phenoxy) is 2. The third-order valence-corrected chi connectivity index (χ3v) is 4.83. The molecule has 2 unspecified atom stereocenters. The van der Waals surface area contributed by atoms with Crippen LogP contribution in [-0.4, -0.2) is 20.1 Å². The van der Waals surface area contributed by atoms with E-state index in [1.54, 1.807) is 6.07 Å². The third kappa shape index (κ3) is 2.77. The van der Waals surface area contributed by atoms with Crippen LogP contribution < -0.4 is 5.73 Å². The molecule has 1 heterocycles. The van der Waals surface area contributed by atoms with Gasteiger partial charge in [0.2, 0.25) is 0 Å². The molecule has 0 aliphatic rings. The Morgan fingerprint density at radius 2 is 1.90 bits per heavy atom. The van der Waals surface area contributed by atoms with Gasteiger partial charge in [-0.15, -0.1) is 11.3 Å². The molecule has 1 aromatic carbocycles. The first-order chi connectivity index (χ1) is 9.49. The monoisotopic (exact) mass is 333 g/mol. The SMILES string of the molecule is COC(Cl)c1ccc2sc(C(N)=O)cc2c1C(Cl)OC. The second-order valence-electron chi connectivity index (χ2n) is 4.06. The molecule has 0 saturated heterocycles. The lowest BCUT2D eigenvalue weighted by Gasteiger charge is -2.17. The van der Waals surface area contributed by atoms with Crippen molar-refractivity contribution in [3.8, 4) is 0 Å². The topological polar surface area (TPSA) is 61.5 Å². The van der Waals surface area contributed by atoms with Crippen molar-refractivity contribution in [1.82, 2.24) is 0 Å². The summed E-state index contributed by atoms with van der Waals surface area (Å²) in [6.45, 7) is 0. The Morgan fingerprint density at radius 3 is 2.45 bits per heavy atom. The summed E-state index contributed by atoms with van der Waals surface area (Å²) in [7, 11) is 3.00. The number of methoxy groups -OCH3 is 2. The van der Waals surface area contributed by atoms with Crippen LogP contribution in [0.15, 0.2) is 18.2 Å². The molecule has 0 aliphatic heterocycles. The predicted molar refractivity (Wildman–Crippen MR) is 81.5 cm³/mol. The van der Waals surface area contributed by atoms with Crippen molar-refractivity contribution in [2.24, 2.45) is 5.73 Å². The Hall–Kier alpha value is -0.850. The van der Waals surface area contributed by atoms with Crippen LogP contribution in [0.3, 0.4) is 0 Å². The van der Waals surface area contributed by atoms with Crippen LogP contribution in [0.2, 0.25) is 0 Å². The maximum atomic E-state index is 11.3. The van der Waals surface area contributed by atoms with E-state index < -0.39 is 17.0 Å². The molecule has 0 spiro atoms. The summed E-state index contributed by atoms with van der Waals surface area (Å²) < 4.78 is 11.2. The third-order valence-electron chi connectivity index (χ3n) is 2.90. The van der Waals surface area contributed by atoms with Crippen LogP contribution in [0.4, 0.5) is 0 Å². The van der Waals surface area contributed by atoms with E-state index in [4.69, 9.17) is 38.4 Å². The first kappa shape index (κ1) is 15.5. The molecule has 2 rings (SSSR count). The number of amides is 1. The van der Waals surface area contributed by atoms with Crippen molar-refractivity contribution in [1.29, 1.82) is 0 Å². The molecule has 108 valence electrons. The lowest BCUT2D eigenvalue weighted by Crippen LogP contribution is -2.08. The van der Waals surface area contributed by atoms with Gasteiger partial charge in [-0.25, -0.2) is 0 Å². The van der Waals surface area contributed by atoms with E-state index in [1.807, 2.05) is 12.1 Å². The fraction of sp³-hybridized carbons (Fsp3) is 0.308. The van der Waals surface area contributed by atoms with Crippen molar-refractivity contribution in [2.75, 3.05) is 14.2 Å². The van der Waals surface area contributed by atoms with Gasteiger partial charge in [-0.05, 0) is 12.1 Å². The number of carbonyl (C=O) groups is 1. The quantitative estimate of drug-likeness (QED) is 0.847. The van der Waals surface area contributed by atoms with Gasteiger partial charge in [0.15, 0.2) is 11.1 Å². The van der Waals surface area contributed by atoms with Crippen LogP contribution in [-0.2, 0) is 9.47 Å². The Morgan fingerprint density at radius 1 is 1.25 bits per heavy atom. The van der Waals surface area contributed by atoms with Gasteiger partial charge in [0.25, 0.3) is 5.91 Å². The van der Waals surface area contributed by atoms with Gasteiger partial charge >= 0.3 is 0 Å². The molecular formula is C13H13Cl2NO3S. The minimum absolute atomic E-state index is 0.460. The Bertz CT molecular complexity index is 644. The van der Waals surface area contributed by atoms with Crippen LogP contribution in [0.1, 0.15) is 31.9 Å². The molecule has 0 radical (unpaired) electrons. The molecule has 1 amide bonds. The minimum atomic E-state index is -0.694. The molecule has 2 aromatic rings. The number of nitrogens with two attached hydrogens (primary N) is 1. The summed E-state index contributed by atoms with van der Waals surface area (Å²) in [4.78, 5) is 11.8. The van der Waals surface area contributed by atoms with Crippen LogP contribution in [0.5, 0.6) is 0 Å². The van der Waals surface area contributed by atoms with Crippen molar-refractivity contribution >= 4 is 50.5 Å². The zero-order chi connectivity index (χ0) is 14.9. The highest BCUT2D eigenvalue weighted by atomic mass is 35.5. The lowest BCUT2D eigenvalue weighted by molar-refractivity contribution is 0.100. The largest absolute Gasteiger partial charge is 0.365 e. The molecular weight excluding hydrogens is 321 g/mol. The Labute approximate surface area is 130 Å². The number of fused-ring (bicyclic) bond motifs is 1. The smallest absolute Gasteiger partial charge is 0.258 e. The molecule has 4 nitrogen and oxygen atoms in total. The number of hydrogen-bond donors (Lipinski definition) is 1. The number of carbonyl (C=O) groups excluding carboxylic acids is 1. The fourth-order valence-electron chi connectivity index (χ4n) is 1.97. The number of halogens is 2. The average molecular weight is 334 g/mol. The van der Waals surface area contributed by atoms with E-state index in [2.05, 4.69) is 0 Å². The molecule has 2 atom stereocenters. The van der Waals surface area contributed by atoms with Gasteiger partial charge in [0, 0.05) is 35.4 Å². The second-order valence-corrected chi connectivity index (χ2v) is 5.94. The maximum Gasteiger partial charge on any atom is 0.258 e. The molecule has 20 heavy (non-hydrogen) atoms. The Balaban J connectivity index is 2.72. The first-order valence-corrected chi connectivity index (χ1v) is 7.38. The molecule has 0 aliphatic carbocycles. The highest BCUT2D eigenvalue weighted by Crippen LogP contribution is 2.40. The van der Waals surface area contributed by atoms with Gasteiger partial charge in [-0.1, -0.05) is 29.3 Å². The summed E-state index contributed by atoms with van der Waals surface area (Å²) in [5.74, 6) is -0.476. The van der Waals surface area contributed by atoms with E-state index in [-0.39, 0.29) is 0 Å². The van der Waals surface area contributed by atoms with Crippen molar-refractivity contribution in [3.63, 3.8) is 0 Å². The molecule has 0 bridgehead atoms. The van der Waals surface area contributed by atoms with Crippen LogP contribution >= 0.6 is 34.5 Å². The fourth-order valence-corrected chi connectivity index (χ4v) is 3.33. The highest BCUT2D eigenvalue weighted by Gasteiger charge is 2.22. The summed E-state index contributed by atoms with van der Waals surface area (Å²) in [5, 5.41) is 0.797. The number of hydrogen-bond acceptors (Lipinski definition) is 4. The van der Waals surface area contributed by atoms with Crippen LogP contribution in [0.25, 0.3) is 10.1 Å². The zero-order valence-corrected chi connectivity index (χ0v) is 13.2.